The van der Waals surface area contributed by atoms with Gasteiger partial charge in [-0.3, -0.25) is 4.57 Å². The van der Waals surface area contributed by atoms with Gasteiger partial charge in [0.1, 0.15) is 29.7 Å². The molecule has 0 saturated heterocycles. The highest BCUT2D eigenvalue weighted by Crippen LogP contribution is 2.39. The highest BCUT2D eigenvalue weighted by Gasteiger charge is 2.22. The normalized spacial score (nSPS) is 12.4. The molecule has 0 radical (unpaired) electrons. The van der Waals surface area contributed by atoms with Crippen LogP contribution in [0.2, 0.25) is 0 Å². The van der Waals surface area contributed by atoms with Gasteiger partial charge in [0, 0.05) is 36.1 Å². The molecule has 2 N–H and O–H groups in total. The van der Waals surface area contributed by atoms with Crippen LogP contribution in [0.3, 0.4) is 0 Å². The van der Waals surface area contributed by atoms with Gasteiger partial charge < -0.3 is 28.8 Å². The molecule has 0 aliphatic carbocycles. The van der Waals surface area contributed by atoms with Gasteiger partial charge in [-0.2, -0.15) is 0 Å². The summed E-state index contributed by atoms with van der Waals surface area (Å²) in [4.78, 5) is 17.2. The summed E-state index contributed by atoms with van der Waals surface area (Å²) < 4.78 is 29.9. The zero-order chi connectivity index (χ0) is 28.8. The Hall–Kier alpha value is -5.07. The number of unbranched alkanes of at least 4 members (excludes halogenated alkanes) is 1. The van der Waals surface area contributed by atoms with Gasteiger partial charge in [-0.25, -0.2) is 14.9 Å². The number of fused-ring (bicyclic) bond motifs is 1. The van der Waals surface area contributed by atoms with Crippen LogP contribution in [0.25, 0.3) is 11.8 Å². The van der Waals surface area contributed by atoms with E-state index in [0.717, 1.165) is 18.7 Å². The van der Waals surface area contributed by atoms with Gasteiger partial charge in [0.15, 0.2) is 17.3 Å². The SMILES string of the molecule is CCCCc1ncc(/C=C(\Cc2cc3c(cc2OC)OCO3)C(=O)O)n1-c1ccc(OC)cc1OCc1nnn[nH]1. The Balaban J connectivity index is 1.57. The number of hydrogen-bond donors (Lipinski definition) is 2. The molecule has 4 aromatic rings. The number of benzene rings is 2. The molecule has 214 valence electrons. The summed E-state index contributed by atoms with van der Waals surface area (Å²) in [5.74, 6) is 2.82. The third kappa shape index (κ3) is 6.08. The average molecular weight is 563 g/mol. The number of nitrogens with zero attached hydrogens (tertiary/aromatic N) is 5. The van der Waals surface area contributed by atoms with Crippen LogP contribution >= 0.6 is 0 Å². The number of aryl methyl sites for hydroxylation is 1. The van der Waals surface area contributed by atoms with Crippen LogP contribution in [0.5, 0.6) is 28.7 Å². The van der Waals surface area contributed by atoms with Gasteiger partial charge in [0.2, 0.25) is 6.79 Å². The molecule has 13 nitrogen and oxygen atoms in total. The first-order valence-corrected chi connectivity index (χ1v) is 13.0. The summed E-state index contributed by atoms with van der Waals surface area (Å²) in [6.07, 6.45) is 5.90. The number of nitrogens with one attached hydrogen (secondary N) is 1. The third-order valence-corrected chi connectivity index (χ3v) is 6.53. The minimum absolute atomic E-state index is 0.0785. The number of aromatic nitrogens is 6. The molecule has 1 aliphatic heterocycles. The van der Waals surface area contributed by atoms with Crippen LogP contribution in [-0.2, 0) is 24.2 Å². The summed E-state index contributed by atoms with van der Waals surface area (Å²) in [5, 5.41) is 24.0. The van der Waals surface area contributed by atoms with E-state index in [1.807, 2.05) is 16.7 Å². The van der Waals surface area contributed by atoms with E-state index >= 15 is 0 Å². The van der Waals surface area contributed by atoms with Crippen molar-refractivity contribution in [3.63, 3.8) is 0 Å². The summed E-state index contributed by atoms with van der Waals surface area (Å²) in [6, 6.07) is 8.87. The maximum atomic E-state index is 12.5. The molecule has 0 spiro atoms. The van der Waals surface area contributed by atoms with Crippen molar-refractivity contribution < 1.29 is 33.6 Å². The summed E-state index contributed by atoms with van der Waals surface area (Å²) in [7, 11) is 3.10. The topological polar surface area (TPSA) is 156 Å². The van der Waals surface area contributed by atoms with E-state index in [2.05, 4.69) is 32.5 Å². The minimum Gasteiger partial charge on any atom is -0.497 e. The molecule has 0 bridgehead atoms. The molecule has 5 rings (SSSR count). The maximum Gasteiger partial charge on any atom is 0.331 e. The van der Waals surface area contributed by atoms with Crippen LogP contribution in [0.1, 0.15) is 42.7 Å². The number of aliphatic carboxylic acids is 1. The number of tetrazole rings is 1. The molecule has 13 heteroatoms. The molecular weight excluding hydrogens is 532 g/mol. The molecule has 3 heterocycles. The monoisotopic (exact) mass is 562 g/mol. The molecule has 0 saturated carbocycles. The number of carboxylic acid groups (broad SMARTS) is 1. The van der Waals surface area contributed by atoms with E-state index in [4.69, 9.17) is 23.7 Å². The fraction of sp³-hybridized carbons (Fsp3) is 0.321. The molecule has 0 unspecified atom stereocenters. The van der Waals surface area contributed by atoms with Gasteiger partial charge in [-0.05, 0) is 41.1 Å². The molecule has 41 heavy (non-hydrogen) atoms. The second-order valence-corrected chi connectivity index (χ2v) is 9.18. The number of carbonyl (C=O) groups is 1. The molecule has 1 aliphatic rings. The van der Waals surface area contributed by atoms with Crippen LogP contribution in [0, 0.1) is 0 Å². The fourth-order valence-electron chi connectivity index (χ4n) is 4.47. The summed E-state index contributed by atoms with van der Waals surface area (Å²) in [5.41, 5.74) is 2.02. The van der Waals surface area contributed by atoms with Crippen molar-refractivity contribution in [2.75, 3.05) is 21.0 Å². The summed E-state index contributed by atoms with van der Waals surface area (Å²) in [6.45, 7) is 2.28. The molecule has 0 amide bonds. The van der Waals surface area contributed by atoms with Crippen LogP contribution in [0.4, 0.5) is 0 Å². The van der Waals surface area contributed by atoms with Crippen LogP contribution in [-0.4, -0.2) is 62.3 Å². The minimum atomic E-state index is -1.07. The predicted octanol–water partition coefficient (Wildman–Crippen LogP) is 3.76. The Kier molecular flexibility index (Phi) is 8.32. The first-order valence-electron chi connectivity index (χ1n) is 13.0. The maximum absolute atomic E-state index is 12.5. The van der Waals surface area contributed by atoms with Crippen molar-refractivity contribution in [1.82, 2.24) is 30.2 Å². The average Bonchev–Trinajstić information content (AvgIpc) is 3.75. The summed E-state index contributed by atoms with van der Waals surface area (Å²) >= 11 is 0. The lowest BCUT2D eigenvalue weighted by Gasteiger charge is -2.17. The van der Waals surface area contributed by atoms with E-state index in [-0.39, 0.29) is 25.4 Å². The number of hydrogen-bond acceptors (Lipinski definition) is 10. The Morgan fingerprint density at radius 3 is 2.68 bits per heavy atom. The van der Waals surface area contributed by atoms with Crippen molar-refractivity contribution in [3.8, 4) is 34.4 Å². The van der Waals surface area contributed by atoms with E-state index in [9.17, 15) is 9.90 Å². The van der Waals surface area contributed by atoms with E-state index in [1.54, 1.807) is 37.6 Å². The number of H-pyrrole nitrogens is 1. The Morgan fingerprint density at radius 1 is 1.15 bits per heavy atom. The lowest BCUT2D eigenvalue weighted by atomic mass is 10.0. The van der Waals surface area contributed by atoms with Crippen molar-refractivity contribution >= 4 is 12.0 Å². The highest BCUT2D eigenvalue weighted by molar-refractivity contribution is 5.92. The van der Waals surface area contributed by atoms with Crippen molar-refractivity contribution in [2.24, 2.45) is 0 Å². The lowest BCUT2D eigenvalue weighted by Crippen LogP contribution is -2.09. The molecule has 0 atom stereocenters. The van der Waals surface area contributed by atoms with E-state index in [0.29, 0.717) is 57.9 Å². The quantitative estimate of drug-likeness (QED) is 0.229. The van der Waals surface area contributed by atoms with Crippen molar-refractivity contribution in [2.45, 2.75) is 39.2 Å². The lowest BCUT2D eigenvalue weighted by molar-refractivity contribution is -0.132. The Labute approximate surface area is 235 Å². The highest BCUT2D eigenvalue weighted by atomic mass is 16.7. The van der Waals surface area contributed by atoms with Gasteiger partial charge in [-0.1, -0.05) is 13.3 Å². The zero-order valence-electron chi connectivity index (χ0n) is 22.9. The number of rotatable bonds is 13. The zero-order valence-corrected chi connectivity index (χ0v) is 22.9. The fourth-order valence-corrected chi connectivity index (χ4v) is 4.47. The van der Waals surface area contributed by atoms with Gasteiger partial charge in [-0.15, -0.1) is 5.10 Å². The Morgan fingerprint density at radius 2 is 1.98 bits per heavy atom. The second-order valence-electron chi connectivity index (χ2n) is 9.18. The van der Waals surface area contributed by atoms with Gasteiger partial charge in [0.05, 0.1) is 31.8 Å². The van der Waals surface area contributed by atoms with E-state index < -0.39 is 5.97 Å². The van der Waals surface area contributed by atoms with Crippen LogP contribution < -0.4 is 23.7 Å². The predicted molar refractivity (Wildman–Crippen MR) is 146 cm³/mol. The number of carboxylic acids is 1. The smallest absolute Gasteiger partial charge is 0.331 e. The molecule has 0 fully saturated rings. The number of methoxy groups -OCH3 is 2. The van der Waals surface area contributed by atoms with Gasteiger partial charge in [0.25, 0.3) is 0 Å². The van der Waals surface area contributed by atoms with E-state index in [1.165, 1.54) is 7.11 Å². The molecular formula is C28H30N6O7. The number of aromatic amines is 1. The Bertz CT molecular complexity index is 1550. The van der Waals surface area contributed by atoms with Gasteiger partial charge >= 0.3 is 5.97 Å². The first-order chi connectivity index (χ1) is 20.0. The number of imidazole rings is 1. The van der Waals surface area contributed by atoms with Crippen molar-refractivity contribution in [3.05, 3.63) is 65.0 Å². The first kappa shape index (κ1) is 27.5. The standard InChI is InChI=1S/C28H30N6O7/c1-4-5-6-27-29-14-19(10-18(28(35)36)9-17-11-24-25(41-16-40-24)13-22(17)38-3)34(27)21-8-7-20(37-2)12-23(21)39-15-26-30-32-33-31-26/h7-8,10-14H,4-6,9,15-16H2,1-3H3,(H,35,36)(H,30,31,32,33)/b18-10+. The van der Waals surface area contributed by atoms with Crippen LogP contribution in [0.15, 0.2) is 42.1 Å². The largest absolute Gasteiger partial charge is 0.497 e. The second kappa shape index (κ2) is 12.4. The number of ether oxygens (including phenoxy) is 5. The third-order valence-electron chi connectivity index (χ3n) is 6.53. The molecule has 2 aromatic heterocycles. The molecule has 2 aromatic carbocycles. The van der Waals surface area contributed by atoms with Crippen molar-refractivity contribution in [1.29, 1.82) is 0 Å².